The lowest BCUT2D eigenvalue weighted by Gasteiger charge is -2.26. The molecule has 1 aliphatic heterocycles. The van der Waals surface area contributed by atoms with E-state index < -0.39 is 0 Å². The van der Waals surface area contributed by atoms with Crippen LogP contribution in [0.2, 0.25) is 0 Å². The maximum Gasteiger partial charge on any atom is 0.236 e. The van der Waals surface area contributed by atoms with Crippen molar-refractivity contribution in [3.8, 4) is 0 Å². The van der Waals surface area contributed by atoms with Crippen LogP contribution in [0.4, 0.5) is 0 Å². The molecule has 1 saturated heterocycles. The molecule has 0 aromatic rings. The molecule has 0 saturated carbocycles. The molecule has 0 aromatic carbocycles. The second kappa shape index (κ2) is 8.84. The summed E-state index contributed by atoms with van der Waals surface area (Å²) < 4.78 is 5.20. The van der Waals surface area contributed by atoms with Crippen LogP contribution in [-0.2, 0) is 9.53 Å². The van der Waals surface area contributed by atoms with Crippen molar-refractivity contribution in [2.45, 2.75) is 12.8 Å². The minimum atomic E-state index is 0.202. The number of nitrogens with one attached hydrogen (secondary N) is 1. The summed E-state index contributed by atoms with van der Waals surface area (Å²) in [5.41, 5.74) is 0. The largest absolute Gasteiger partial charge is 0.378 e. The molecule has 1 aliphatic rings. The van der Waals surface area contributed by atoms with Gasteiger partial charge in [-0.15, -0.1) is 0 Å². The van der Waals surface area contributed by atoms with Crippen molar-refractivity contribution >= 4 is 17.7 Å². The number of unbranched alkanes of at least 4 members (excludes halogenated alkanes) is 1. The Kier molecular flexibility index (Phi) is 7.63. The van der Waals surface area contributed by atoms with E-state index in [2.05, 4.69) is 11.6 Å². The molecule has 1 heterocycles. The third-order valence-corrected chi connectivity index (χ3v) is 3.29. The van der Waals surface area contributed by atoms with Gasteiger partial charge in [0.05, 0.1) is 19.8 Å². The van der Waals surface area contributed by atoms with Gasteiger partial charge in [0.2, 0.25) is 5.91 Å². The Morgan fingerprint density at radius 2 is 2.12 bits per heavy atom. The summed E-state index contributed by atoms with van der Waals surface area (Å²) >= 11 is 1.87. The lowest BCUT2D eigenvalue weighted by atomic mass is 10.3. The van der Waals surface area contributed by atoms with Gasteiger partial charge in [-0.1, -0.05) is 0 Å². The van der Waals surface area contributed by atoms with Crippen LogP contribution in [0.3, 0.4) is 0 Å². The van der Waals surface area contributed by atoms with Crippen LogP contribution < -0.4 is 5.32 Å². The van der Waals surface area contributed by atoms with Crippen LogP contribution in [0.5, 0.6) is 0 Å². The molecule has 1 amide bonds. The van der Waals surface area contributed by atoms with E-state index in [9.17, 15) is 4.79 Å². The molecule has 16 heavy (non-hydrogen) atoms. The van der Waals surface area contributed by atoms with Crippen molar-refractivity contribution in [1.29, 1.82) is 0 Å². The average molecular weight is 246 g/mol. The van der Waals surface area contributed by atoms with Gasteiger partial charge >= 0.3 is 0 Å². The van der Waals surface area contributed by atoms with Crippen LogP contribution in [0.15, 0.2) is 0 Å². The summed E-state index contributed by atoms with van der Waals surface area (Å²) in [6, 6.07) is 0. The topological polar surface area (TPSA) is 41.6 Å². The smallest absolute Gasteiger partial charge is 0.236 e. The van der Waals surface area contributed by atoms with E-state index in [-0.39, 0.29) is 5.91 Å². The molecule has 0 spiro atoms. The Balaban J connectivity index is 1.97. The van der Waals surface area contributed by atoms with Crippen LogP contribution in [0, 0.1) is 0 Å². The number of rotatable bonds is 7. The normalized spacial score (nSPS) is 16.4. The van der Waals surface area contributed by atoms with E-state index in [0.29, 0.717) is 19.8 Å². The summed E-state index contributed by atoms with van der Waals surface area (Å²) in [5.74, 6) is 1.41. The van der Waals surface area contributed by atoms with Gasteiger partial charge in [0, 0.05) is 13.1 Å². The summed E-state index contributed by atoms with van der Waals surface area (Å²) in [6.07, 6.45) is 4.49. The standard InChI is InChI=1S/C11H22N2O2S/c1-16-9-3-2-4-12-10-11(14)13-5-7-15-8-6-13/h12H,2-10H2,1H3. The molecule has 0 bridgehead atoms. The van der Waals surface area contributed by atoms with Crippen LogP contribution in [-0.4, -0.2) is 62.2 Å². The summed E-state index contributed by atoms with van der Waals surface area (Å²) in [6.45, 7) is 4.26. The Bertz CT molecular complexity index is 196. The van der Waals surface area contributed by atoms with Crippen LogP contribution >= 0.6 is 11.8 Å². The summed E-state index contributed by atoms with van der Waals surface area (Å²) in [7, 11) is 0. The zero-order valence-electron chi connectivity index (χ0n) is 10.0. The molecule has 0 radical (unpaired) electrons. The SMILES string of the molecule is CSCCCCNCC(=O)N1CCOCC1. The molecular weight excluding hydrogens is 224 g/mol. The van der Waals surface area contributed by atoms with Crippen molar-refractivity contribution in [1.82, 2.24) is 10.2 Å². The highest BCUT2D eigenvalue weighted by atomic mass is 32.2. The van der Waals surface area contributed by atoms with E-state index in [0.717, 1.165) is 26.1 Å². The first kappa shape index (κ1) is 13.8. The van der Waals surface area contributed by atoms with Crippen molar-refractivity contribution < 1.29 is 9.53 Å². The Hall–Kier alpha value is -0.260. The fraction of sp³-hybridized carbons (Fsp3) is 0.909. The molecule has 1 N–H and O–H groups in total. The zero-order chi connectivity index (χ0) is 11.6. The predicted octanol–water partition coefficient (Wildman–Crippen LogP) is 0.578. The number of ether oxygens (including phenoxy) is 1. The number of nitrogens with zero attached hydrogens (tertiary/aromatic N) is 1. The number of carbonyl (C=O) groups is 1. The first-order valence-corrected chi connectivity index (χ1v) is 7.29. The summed E-state index contributed by atoms with van der Waals surface area (Å²) in [4.78, 5) is 13.6. The van der Waals surface area contributed by atoms with Crippen molar-refractivity contribution in [3.63, 3.8) is 0 Å². The minimum Gasteiger partial charge on any atom is -0.378 e. The fourth-order valence-electron chi connectivity index (χ4n) is 1.62. The monoisotopic (exact) mass is 246 g/mol. The maximum absolute atomic E-state index is 11.7. The average Bonchev–Trinajstić information content (AvgIpc) is 2.34. The number of hydrogen-bond donors (Lipinski definition) is 1. The molecule has 94 valence electrons. The van der Waals surface area contributed by atoms with Gasteiger partial charge in [-0.3, -0.25) is 4.79 Å². The molecule has 0 aromatic heterocycles. The second-order valence-electron chi connectivity index (χ2n) is 3.87. The third kappa shape index (κ3) is 5.72. The lowest BCUT2D eigenvalue weighted by Crippen LogP contribution is -2.44. The highest BCUT2D eigenvalue weighted by molar-refractivity contribution is 7.98. The lowest BCUT2D eigenvalue weighted by molar-refractivity contribution is -0.134. The van der Waals surface area contributed by atoms with Gasteiger partial charge in [0.15, 0.2) is 0 Å². The summed E-state index contributed by atoms with van der Waals surface area (Å²) in [5, 5.41) is 3.20. The molecular formula is C11H22N2O2S. The second-order valence-corrected chi connectivity index (χ2v) is 4.86. The van der Waals surface area contributed by atoms with Gasteiger partial charge in [0.25, 0.3) is 0 Å². The quantitative estimate of drug-likeness (QED) is 0.667. The first-order valence-electron chi connectivity index (χ1n) is 5.90. The molecule has 0 unspecified atom stereocenters. The number of thioether (sulfide) groups is 1. The minimum absolute atomic E-state index is 0.202. The molecule has 4 nitrogen and oxygen atoms in total. The zero-order valence-corrected chi connectivity index (χ0v) is 10.9. The molecule has 1 fully saturated rings. The third-order valence-electron chi connectivity index (χ3n) is 2.59. The van der Waals surface area contributed by atoms with E-state index in [1.54, 1.807) is 0 Å². The molecule has 0 aliphatic carbocycles. The highest BCUT2D eigenvalue weighted by Crippen LogP contribution is 1.98. The van der Waals surface area contributed by atoms with Crippen LogP contribution in [0.25, 0.3) is 0 Å². The molecule has 0 atom stereocenters. The highest BCUT2D eigenvalue weighted by Gasteiger charge is 2.15. The van der Waals surface area contributed by atoms with Crippen LogP contribution in [0.1, 0.15) is 12.8 Å². The van der Waals surface area contributed by atoms with Gasteiger partial charge in [-0.2, -0.15) is 11.8 Å². The van der Waals surface area contributed by atoms with E-state index in [1.165, 1.54) is 12.2 Å². The Morgan fingerprint density at radius 1 is 1.38 bits per heavy atom. The van der Waals surface area contributed by atoms with E-state index in [1.807, 2.05) is 16.7 Å². The van der Waals surface area contributed by atoms with E-state index in [4.69, 9.17) is 4.74 Å². The van der Waals surface area contributed by atoms with E-state index >= 15 is 0 Å². The number of carbonyl (C=O) groups excluding carboxylic acids is 1. The molecule has 1 rings (SSSR count). The first-order chi connectivity index (χ1) is 7.84. The maximum atomic E-state index is 11.7. The fourth-order valence-corrected chi connectivity index (χ4v) is 2.11. The number of amides is 1. The Morgan fingerprint density at radius 3 is 2.81 bits per heavy atom. The van der Waals surface area contributed by atoms with Gasteiger partial charge < -0.3 is 15.0 Å². The van der Waals surface area contributed by atoms with Crippen molar-refractivity contribution in [3.05, 3.63) is 0 Å². The number of morpholine rings is 1. The predicted molar refractivity (Wildman–Crippen MR) is 67.9 cm³/mol. The van der Waals surface area contributed by atoms with Gasteiger partial charge in [-0.05, 0) is 31.4 Å². The van der Waals surface area contributed by atoms with Gasteiger partial charge in [0.1, 0.15) is 0 Å². The molecule has 5 heteroatoms. The number of hydrogen-bond acceptors (Lipinski definition) is 4. The van der Waals surface area contributed by atoms with Gasteiger partial charge in [-0.25, -0.2) is 0 Å². The van der Waals surface area contributed by atoms with Crippen molar-refractivity contribution in [2.24, 2.45) is 0 Å². The van der Waals surface area contributed by atoms with Crippen molar-refractivity contribution in [2.75, 3.05) is 51.4 Å². The Labute approximate surface area is 102 Å².